The largest absolute Gasteiger partial charge is 0.261 e. The lowest BCUT2D eigenvalue weighted by Crippen LogP contribution is -2.06. The number of nitrogens with zero attached hydrogens (tertiary/aromatic N) is 3. The summed E-state index contributed by atoms with van der Waals surface area (Å²) in [6.45, 7) is 4.19. The van der Waals surface area contributed by atoms with Gasteiger partial charge in [0.1, 0.15) is 0 Å². The molecule has 100 valence electrons. The Labute approximate surface area is 124 Å². The van der Waals surface area contributed by atoms with E-state index in [4.69, 9.17) is 11.6 Å². The molecular weight excluding hydrogens is 293 g/mol. The quantitative estimate of drug-likeness (QED) is 0.799. The van der Waals surface area contributed by atoms with Gasteiger partial charge in [-0.15, -0.1) is 36.4 Å². The SMILES string of the molecule is CC(C)n1nccc1-c1ncccc1CCl.Cl.Cl. The molecule has 0 amide bonds. The molecule has 0 unspecified atom stereocenters. The summed E-state index contributed by atoms with van der Waals surface area (Å²) in [5.41, 5.74) is 2.97. The third-order valence-electron chi connectivity index (χ3n) is 2.44. The first-order valence-corrected chi connectivity index (χ1v) is 5.81. The lowest BCUT2D eigenvalue weighted by molar-refractivity contribution is 0.537. The minimum atomic E-state index is 0. The zero-order valence-electron chi connectivity index (χ0n) is 10.2. The molecule has 0 atom stereocenters. The standard InChI is InChI=1S/C12H14ClN3.2ClH/c1-9(2)16-11(5-7-15-16)12-10(8-13)4-3-6-14-12;;/h3-7,9H,8H2,1-2H3;2*1H. The molecule has 0 N–H and O–H groups in total. The summed E-state index contributed by atoms with van der Waals surface area (Å²) in [7, 11) is 0. The highest BCUT2D eigenvalue weighted by atomic mass is 35.5. The number of halogens is 3. The summed E-state index contributed by atoms with van der Waals surface area (Å²) in [6.07, 6.45) is 3.57. The van der Waals surface area contributed by atoms with Crippen molar-refractivity contribution in [3.63, 3.8) is 0 Å². The molecule has 0 aromatic carbocycles. The van der Waals surface area contributed by atoms with E-state index in [9.17, 15) is 0 Å². The van der Waals surface area contributed by atoms with Crippen LogP contribution in [0.3, 0.4) is 0 Å². The van der Waals surface area contributed by atoms with Gasteiger partial charge in [-0.1, -0.05) is 6.07 Å². The molecule has 0 saturated carbocycles. The van der Waals surface area contributed by atoms with E-state index in [1.54, 1.807) is 12.4 Å². The van der Waals surface area contributed by atoms with Crippen molar-refractivity contribution in [1.82, 2.24) is 14.8 Å². The van der Waals surface area contributed by atoms with Gasteiger partial charge in [-0.2, -0.15) is 5.10 Å². The molecule has 2 aromatic rings. The predicted octanol–water partition coefficient (Wildman–Crippen LogP) is 4.11. The molecule has 2 rings (SSSR count). The predicted molar refractivity (Wildman–Crippen MR) is 79.9 cm³/mol. The molecule has 0 saturated heterocycles. The third kappa shape index (κ3) is 3.37. The van der Waals surface area contributed by atoms with Crippen LogP contribution in [0.5, 0.6) is 0 Å². The van der Waals surface area contributed by atoms with E-state index in [2.05, 4.69) is 23.9 Å². The Balaban J connectivity index is 0.00000144. The topological polar surface area (TPSA) is 30.7 Å². The number of alkyl halides is 1. The van der Waals surface area contributed by atoms with Crippen LogP contribution in [0.15, 0.2) is 30.6 Å². The summed E-state index contributed by atoms with van der Waals surface area (Å²) < 4.78 is 1.96. The van der Waals surface area contributed by atoms with Crippen LogP contribution in [-0.4, -0.2) is 14.8 Å². The first-order chi connectivity index (χ1) is 7.74. The first-order valence-electron chi connectivity index (χ1n) is 5.27. The van der Waals surface area contributed by atoms with E-state index >= 15 is 0 Å². The fourth-order valence-electron chi connectivity index (χ4n) is 1.69. The van der Waals surface area contributed by atoms with Gasteiger partial charge in [-0.05, 0) is 31.5 Å². The summed E-state index contributed by atoms with van der Waals surface area (Å²) in [5, 5.41) is 4.30. The van der Waals surface area contributed by atoms with Crippen molar-refractivity contribution in [3.8, 4) is 11.4 Å². The maximum atomic E-state index is 5.91. The van der Waals surface area contributed by atoms with Crippen LogP contribution in [0.1, 0.15) is 25.5 Å². The second-order valence-corrected chi connectivity index (χ2v) is 4.17. The lowest BCUT2D eigenvalue weighted by Gasteiger charge is -2.12. The van der Waals surface area contributed by atoms with Crippen molar-refractivity contribution in [2.24, 2.45) is 0 Å². The molecule has 0 aliphatic rings. The summed E-state index contributed by atoms with van der Waals surface area (Å²) in [6, 6.07) is 6.18. The van der Waals surface area contributed by atoms with Crippen LogP contribution >= 0.6 is 36.4 Å². The van der Waals surface area contributed by atoms with Crippen molar-refractivity contribution in [1.29, 1.82) is 0 Å². The van der Waals surface area contributed by atoms with Gasteiger partial charge in [0.2, 0.25) is 0 Å². The minimum absolute atomic E-state index is 0. The van der Waals surface area contributed by atoms with Gasteiger partial charge in [0.05, 0.1) is 11.4 Å². The number of aromatic nitrogens is 3. The van der Waals surface area contributed by atoms with Gasteiger partial charge in [0.15, 0.2) is 0 Å². The Morgan fingerprint density at radius 3 is 2.56 bits per heavy atom. The Kier molecular flexibility index (Phi) is 7.29. The summed E-state index contributed by atoms with van der Waals surface area (Å²) in [5.74, 6) is 0.465. The molecule has 0 bridgehead atoms. The molecule has 2 heterocycles. The monoisotopic (exact) mass is 307 g/mol. The van der Waals surface area contributed by atoms with E-state index in [-0.39, 0.29) is 24.8 Å². The second kappa shape index (κ2) is 7.62. The van der Waals surface area contributed by atoms with E-state index in [0.29, 0.717) is 11.9 Å². The van der Waals surface area contributed by atoms with Crippen LogP contribution in [0.2, 0.25) is 0 Å². The Bertz CT molecular complexity index is 483. The first kappa shape index (κ1) is 17.2. The zero-order valence-corrected chi connectivity index (χ0v) is 12.6. The van der Waals surface area contributed by atoms with Gasteiger partial charge in [-0.25, -0.2) is 0 Å². The molecule has 0 aliphatic carbocycles. The Morgan fingerprint density at radius 1 is 1.22 bits per heavy atom. The highest BCUT2D eigenvalue weighted by Gasteiger charge is 2.12. The number of hydrogen-bond donors (Lipinski definition) is 0. The van der Waals surface area contributed by atoms with Crippen molar-refractivity contribution in [3.05, 3.63) is 36.2 Å². The van der Waals surface area contributed by atoms with Crippen LogP contribution in [-0.2, 0) is 5.88 Å². The van der Waals surface area contributed by atoms with Crippen molar-refractivity contribution >= 4 is 36.4 Å². The smallest absolute Gasteiger partial charge is 0.0927 e. The van der Waals surface area contributed by atoms with E-state index in [0.717, 1.165) is 17.0 Å². The molecule has 3 nitrogen and oxygen atoms in total. The zero-order chi connectivity index (χ0) is 11.5. The number of hydrogen-bond acceptors (Lipinski definition) is 2. The van der Waals surface area contributed by atoms with Crippen LogP contribution in [0.25, 0.3) is 11.4 Å². The van der Waals surface area contributed by atoms with Crippen LogP contribution in [0, 0.1) is 0 Å². The van der Waals surface area contributed by atoms with E-state index in [1.807, 2.05) is 22.9 Å². The van der Waals surface area contributed by atoms with Crippen molar-refractivity contribution in [2.75, 3.05) is 0 Å². The van der Waals surface area contributed by atoms with Gasteiger partial charge < -0.3 is 0 Å². The molecule has 18 heavy (non-hydrogen) atoms. The minimum Gasteiger partial charge on any atom is -0.261 e. The van der Waals surface area contributed by atoms with Gasteiger partial charge in [0.25, 0.3) is 0 Å². The van der Waals surface area contributed by atoms with Gasteiger partial charge in [0, 0.05) is 24.3 Å². The Morgan fingerprint density at radius 2 is 1.94 bits per heavy atom. The number of rotatable bonds is 3. The molecule has 2 aromatic heterocycles. The van der Waals surface area contributed by atoms with Crippen LogP contribution in [0.4, 0.5) is 0 Å². The van der Waals surface area contributed by atoms with Gasteiger partial charge in [-0.3, -0.25) is 9.67 Å². The molecule has 6 heteroatoms. The van der Waals surface area contributed by atoms with E-state index in [1.165, 1.54) is 0 Å². The second-order valence-electron chi connectivity index (χ2n) is 3.90. The van der Waals surface area contributed by atoms with Crippen molar-refractivity contribution < 1.29 is 0 Å². The number of pyridine rings is 1. The third-order valence-corrected chi connectivity index (χ3v) is 2.73. The summed E-state index contributed by atoms with van der Waals surface area (Å²) >= 11 is 5.91. The highest BCUT2D eigenvalue weighted by molar-refractivity contribution is 6.17. The molecule has 0 aliphatic heterocycles. The Hall–Kier alpha value is -0.770. The molecular formula is C12H16Cl3N3. The normalized spacial score (nSPS) is 9.78. The van der Waals surface area contributed by atoms with Crippen LogP contribution < -0.4 is 0 Å². The average Bonchev–Trinajstić information content (AvgIpc) is 2.77. The van der Waals surface area contributed by atoms with Crippen molar-refractivity contribution in [2.45, 2.75) is 25.8 Å². The lowest BCUT2D eigenvalue weighted by atomic mass is 10.1. The average molecular weight is 309 g/mol. The fourth-order valence-corrected chi connectivity index (χ4v) is 1.91. The highest BCUT2D eigenvalue weighted by Crippen LogP contribution is 2.24. The maximum Gasteiger partial charge on any atom is 0.0927 e. The summed E-state index contributed by atoms with van der Waals surface area (Å²) in [4.78, 5) is 4.39. The molecule has 0 fully saturated rings. The fraction of sp³-hybridized carbons (Fsp3) is 0.333. The van der Waals surface area contributed by atoms with Gasteiger partial charge >= 0.3 is 0 Å². The maximum absolute atomic E-state index is 5.91. The van der Waals surface area contributed by atoms with E-state index < -0.39 is 0 Å². The molecule has 0 spiro atoms. The molecule has 0 radical (unpaired) electrons.